The first-order valence-electron chi connectivity index (χ1n) is 7.34. The summed E-state index contributed by atoms with van der Waals surface area (Å²) in [5.41, 5.74) is 3.76. The van der Waals surface area contributed by atoms with Crippen molar-refractivity contribution in [1.82, 2.24) is 9.97 Å². The topological polar surface area (TPSA) is 29.0 Å². The minimum Gasteiger partial charge on any atom is -0.348 e. The summed E-state index contributed by atoms with van der Waals surface area (Å²) in [5.74, 6) is 1.10. The molecule has 1 aliphatic heterocycles. The molecule has 1 aromatic carbocycles. The van der Waals surface area contributed by atoms with Crippen molar-refractivity contribution in [2.75, 3.05) is 11.4 Å². The predicted molar refractivity (Wildman–Crippen MR) is 87.9 cm³/mol. The lowest BCUT2D eigenvalue weighted by Crippen LogP contribution is -2.23. The molecule has 0 aliphatic carbocycles. The van der Waals surface area contributed by atoms with Gasteiger partial charge in [-0.05, 0) is 36.8 Å². The van der Waals surface area contributed by atoms with Crippen molar-refractivity contribution < 1.29 is 0 Å². The molecule has 1 saturated heterocycles. The maximum Gasteiger partial charge on any atom is 0.150 e. The van der Waals surface area contributed by atoms with Crippen LogP contribution in [0.1, 0.15) is 30.0 Å². The Hall–Kier alpha value is -1.94. The number of fused-ring (bicyclic) bond motifs is 1. The van der Waals surface area contributed by atoms with Gasteiger partial charge in [-0.15, -0.1) is 11.3 Å². The van der Waals surface area contributed by atoms with Crippen LogP contribution in [-0.4, -0.2) is 16.5 Å². The molecule has 1 atom stereocenters. The summed E-state index contributed by atoms with van der Waals surface area (Å²) in [5, 5.41) is 2.10. The first-order valence-corrected chi connectivity index (χ1v) is 8.22. The molecule has 3 aromatic rings. The molecule has 3 heterocycles. The number of nitrogens with zero attached hydrogens (tertiary/aromatic N) is 3. The van der Waals surface area contributed by atoms with E-state index in [4.69, 9.17) is 0 Å². The van der Waals surface area contributed by atoms with Crippen LogP contribution in [0.15, 0.2) is 42.0 Å². The summed E-state index contributed by atoms with van der Waals surface area (Å²) in [6, 6.07) is 11.4. The molecule has 0 spiro atoms. The lowest BCUT2D eigenvalue weighted by atomic mass is 10.0. The third kappa shape index (κ3) is 2.20. The Labute approximate surface area is 128 Å². The maximum absolute atomic E-state index is 4.58. The summed E-state index contributed by atoms with van der Waals surface area (Å²) >= 11 is 1.73. The fraction of sp³-hybridized carbons (Fsp3) is 0.294. The van der Waals surface area contributed by atoms with Crippen LogP contribution in [0, 0.1) is 6.92 Å². The molecule has 0 radical (unpaired) electrons. The summed E-state index contributed by atoms with van der Waals surface area (Å²) in [6.45, 7) is 3.21. The largest absolute Gasteiger partial charge is 0.348 e. The molecule has 1 unspecified atom stereocenters. The van der Waals surface area contributed by atoms with Crippen LogP contribution in [-0.2, 0) is 0 Å². The maximum atomic E-state index is 4.58. The zero-order chi connectivity index (χ0) is 14.2. The molecular formula is C17H17N3S. The number of benzene rings is 1. The summed E-state index contributed by atoms with van der Waals surface area (Å²) in [7, 11) is 0. The van der Waals surface area contributed by atoms with E-state index in [-0.39, 0.29) is 0 Å². The van der Waals surface area contributed by atoms with Crippen LogP contribution in [0.4, 0.5) is 5.82 Å². The van der Waals surface area contributed by atoms with E-state index >= 15 is 0 Å². The highest BCUT2D eigenvalue weighted by Gasteiger charge is 2.28. The van der Waals surface area contributed by atoms with Crippen molar-refractivity contribution in [2.24, 2.45) is 0 Å². The van der Waals surface area contributed by atoms with Crippen LogP contribution < -0.4 is 4.90 Å². The van der Waals surface area contributed by atoms with Gasteiger partial charge in [-0.1, -0.05) is 29.8 Å². The van der Waals surface area contributed by atoms with Crippen molar-refractivity contribution in [3.63, 3.8) is 0 Å². The smallest absolute Gasteiger partial charge is 0.150 e. The number of aryl methyl sites for hydroxylation is 1. The monoisotopic (exact) mass is 295 g/mol. The average Bonchev–Trinajstić information content (AvgIpc) is 3.16. The van der Waals surface area contributed by atoms with Gasteiger partial charge in [-0.25, -0.2) is 9.97 Å². The third-order valence-corrected chi connectivity index (χ3v) is 5.11. The standard InChI is InChI=1S/C17H17N3S/c1-12-4-6-13(7-5-12)15-3-2-9-20(15)17-16-14(8-10-21-16)18-11-19-17/h4-8,10-11,15H,2-3,9H2,1H3. The third-order valence-electron chi connectivity index (χ3n) is 4.21. The molecule has 3 nitrogen and oxygen atoms in total. The molecule has 4 heteroatoms. The van der Waals surface area contributed by atoms with E-state index in [1.165, 1.54) is 28.7 Å². The SMILES string of the molecule is Cc1ccc(C2CCCN2c2ncnc3ccsc23)cc1. The van der Waals surface area contributed by atoms with Crippen LogP contribution in [0.3, 0.4) is 0 Å². The van der Waals surface area contributed by atoms with Crippen LogP contribution >= 0.6 is 11.3 Å². The molecule has 0 bridgehead atoms. The predicted octanol–water partition coefficient (Wildman–Crippen LogP) is 4.34. The second-order valence-corrected chi connectivity index (χ2v) is 6.51. The van der Waals surface area contributed by atoms with Crippen molar-refractivity contribution in [3.05, 3.63) is 53.2 Å². The van der Waals surface area contributed by atoms with Gasteiger partial charge in [0.15, 0.2) is 5.82 Å². The van der Waals surface area contributed by atoms with Crippen molar-refractivity contribution in [1.29, 1.82) is 0 Å². The number of anilines is 1. The Bertz CT molecular complexity index is 763. The molecule has 1 aliphatic rings. The number of rotatable bonds is 2. The highest BCUT2D eigenvalue weighted by Crippen LogP contribution is 2.39. The lowest BCUT2D eigenvalue weighted by molar-refractivity contribution is 0.713. The molecule has 0 amide bonds. The van der Waals surface area contributed by atoms with Gasteiger partial charge in [0.05, 0.1) is 16.3 Å². The lowest BCUT2D eigenvalue weighted by Gasteiger charge is -2.26. The quantitative estimate of drug-likeness (QED) is 0.704. The zero-order valence-corrected chi connectivity index (χ0v) is 12.8. The Kier molecular flexibility index (Phi) is 3.11. The second kappa shape index (κ2) is 5.11. The van der Waals surface area contributed by atoms with Gasteiger partial charge in [-0.2, -0.15) is 0 Å². The fourth-order valence-corrected chi connectivity index (χ4v) is 3.99. The average molecular weight is 295 g/mol. The van der Waals surface area contributed by atoms with E-state index in [0.29, 0.717) is 6.04 Å². The molecule has 4 rings (SSSR count). The van der Waals surface area contributed by atoms with Gasteiger partial charge in [0, 0.05) is 6.54 Å². The molecular weight excluding hydrogens is 278 g/mol. The first kappa shape index (κ1) is 12.8. The number of aromatic nitrogens is 2. The highest BCUT2D eigenvalue weighted by atomic mass is 32.1. The van der Waals surface area contributed by atoms with E-state index in [9.17, 15) is 0 Å². The first-order chi connectivity index (χ1) is 10.3. The van der Waals surface area contributed by atoms with Crippen LogP contribution in [0.25, 0.3) is 10.2 Å². The van der Waals surface area contributed by atoms with E-state index in [1.54, 1.807) is 17.7 Å². The number of thiophene rings is 1. The summed E-state index contributed by atoms with van der Waals surface area (Å²) < 4.78 is 1.21. The second-order valence-electron chi connectivity index (χ2n) is 5.59. The Morgan fingerprint density at radius 2 is 2.00 bits per heavy atom. The zero-order valence-electron chi connectivity index (χ0n) is 12.0. The molecule has 0 saturated carbocycles. The van der Waals surface area contributed by atoms with E-state index in [1.807, 2.05) is 0 Å². The van der Waals surface area contributed by atoms with Gasteiger partial charge in [0.1, 0.15) is 6.33 Å². The molecule has 2 aromatic heterocycles. The van der Waals surface area contributed by atoms with Gasteiger partial charge < -0.3 is 4.90 Å². The number of hydrogen-bond acceptors (Lipinski definition) is 4. The fourth-order valence-electron chi connectivity index (χ4n) is 3.14. The van der Waals surface area contributed by atoms with E-state index < -0.39 is 0 Å². The Balaban J connectivity index is 1.76. The van der Waals surface area contributed by atoms with Crippen LogP contribution in [0.5, 0.6) is 0 Å². The normalized spacial score (nSPS) is 18.5. The van der Waals surface area contributed by atoms with Gasteiger partial charge in [0.25, 0.3) is 0 Å². The minimum absolute atomic E-state index is 0.436. The molecule has 106 valence electrons. The summed E-state index contributed by atoms with van der Waals surface area (Å²) in [6.07, 6.45) is 4.10. The van der Waals surface area contributed by atoms with E-state index in [0.717, 1.165) is 17.9 Å². The minimum atomic E-state index is 0.436. The molecule has 21 heavy (non-hydrogen) atoms. The van der Waals surface area contributed by atoms with E-state index in [2.05, 4.69) is 57.5 Å². The highest BCUT2D eigenvalue weighted by molar-refractivity contribution is 7.17. The van der Waals surface area contributed by atoms with Gasteiger partial charge in [0.2, 0.25) is 0 Å². The Morgan fingerprint density at radius 3 is 2.86 bits per heavy atom. The van der Waals surface area contributed by atoms with Crippen LogP contribution in [0.2, 0.25) is 0 Å². The van der Waals surface area contributed by atoms with Gasteiger partial charge >= 0.3 is 0 Å². The molecule has 0 N–H and O–H groups in total. The van der Waals surface area contributed by atoms with Gasteiger partial charge in [-0.3, -0.25) is 0 Å². The van der Waals surface area contributed by atoms with Crippen molar-refractivity contribution >= 4 is 27.4 Å². The Morgan fingerprint density at radius 1 is 1.14 bits per heavy atom. The number of hydrogen-bond donors (Lipinski definition) is 0. The van der Waals surface area contributed by atoms with Crippen molar-refractivity contribution in [2.45, 2.75) is 25.8 Å². The summed E-state index contributed by atoms with van der Waals surface area (Å²) in [4.78, 5) is 11.4. The van der Waals surface area contributed by atoms with Crippen molar-refractivity contribution in [3.8, 4) is 0 Å². The molecule has 1 fully saturated rings.